The molecule has 3 atom stereocenters. The number of methoxy groups -OCH3 is 1. The van der Waals surface area contributed by atoms with E-state index in [-0.39, 0.29) is 24.3 Å². The van der Waals surface area contributed by atoms with Gasteiger partial charge in [-0.1, -0.05) is 27.7 Å². The number of esters is 1. The van der Waals surface area contributed by atoms with Crippen LogP contribution < -0.4 is 21.3 Å². The van der Waals surface area contributed by atoms with Crippen molar-refractivity contribution >= 4 is 29.6 Å². The normalized spacial score (nSPS) is 13.8. The first kappa shape index (κ1) is 26.4. The number of hydrogen-bond acceptors (Lipinski definition) is 6. The quantitative estimate of drug-likeness (QED) is 0.335. The smallest absolute Gasteiger partial charge is 0.328 e. The van der Waals surface area contributed by atoms with E-state index in [9.17, 15) is 24.0 Å². The monoisotopic (exact) mass is 414 g/mol. The maximum atomic E-state index is 12.7. The van der Waals surface area contributed by atoms with Crippen molar-refractivity contribution in [2.24, 2.45) is 11.8 Å². The molecule has 166 valence electrons. The van der Waals surface area contributed by atoms with Gasteiger partial charge in [-0.15, -0.1) is 0 Å². The average molecular weight is 415 g/mol. The van der Waals surface area contributed by atoms with Gasteiger partial charge in [0, 0.05) is 6.92 Å². The fraction of sp³-hybridized carbons (Fsp3) is 0.737. The molecule has 0 aliphatic heterocycles. The van der Waals surface area contributed by atoms with Crippen molar-refractivity contribution in [2.45, 2.75) is 66.1 Å². The first-order valence-corrected chi connectivity index (χ1v) is 9.61. The maximum absolute atomic E-state index is 12.7. The van der Waals surface area contributed by atoms with E-state index in [1.54, 1.807) is 13.8 Å². The summed E-state index contributed by atoms with van der Waals surface area (Å²) in [5.41, 5.74) is 0. The Hall–Kier alpha value is -2.65. The molecule has 0 fully saturated rings. The van der Waals surface area contributed by atoms with Crippen molar-refractivity contribution in [2.75, 3.05) is 13.7 Å². The number of carbonyl (C=O) groups is 5. The third kappa shape index (κ3) is 10.5. The fourth-order valence-corrected chi connectivity index (χ4v) is 2.48. The molecule has 0 spiro atoms. The lowest BCUT2D eigenvalue weighted by Crippen LogP contribution is -2.57. The van der Waals surface area contributed by atoms with E-state index in [4.69, 9.17) is 0 Å². The minimum atomic E-state index is -0.892. The van der Waals surface area contributed by atoms with E-state index < -0.39 is 41.8 Å². The van der Waals surface area contributed by atoms with Crippen LogP contribution in [0.5, 0.6) is 0 Å². The summed E-state index contributed by atoms with van der Waals surface area (Å²) in [6.07, 6.45) is 0.343. The predicted molar refractivity (Wildman–Crippen MR) is 106 cm³/mol. The number of hydrogen-bond donors (Lipinski definition) is 4. The molecule has 0 heterocycles. The van der Waals surface area contributed by atoms with E-state index in [0.717, 1.165) is 0 Å². The minimum absolute atomic E-state index is 0.0892. The van der Waals surface area contributed by atoms with Gasteiger partial charge in [-0.2, -0.15) is 0 Å². The van der Waals surface area contributed by atoms with Crippen LogP contribution in [0.2, 0.25) is 0 Å². The van der Waals surface area contributed by atoms with Crippen LogP contribution in [0.4, 0.5) is 0 Å². The molecule has 0 aromatic heterocycles. The van der Waals surface area contributed by atoms with Gasteiger partial charge in [0.1, 0.15) is 18.1 Å². The molecule has 10 nitrogen and oxygen atoms in total. The first-order valence-electron chi connectivity index (χ1n) is 9.61. The van der Waals surface area contributed by atoms with E-state index >= 15 is 0 Å². The lowest BCUT2D eigenvalue weighted by Gasteiger charge is -2.26. The van der Waals surface area contributed by atoms with Crippen molar-refractivity contribution < 1.29 is 28.7 Å². The van der Waals surface area contributed by atoms with Crippen LogP contribution in [0.3, 0.4) is 0 Å². The van der Waals surface area contributed by atoms with Gasteiger partial charge in [0.2, 0.25) is 23.6 Å². The molecule has 10 heteroatoms. The molecular formula is C19H34N4O6. The Balaban J connectivity index is 5.18. The van der Waals surface area contributed by atoms with Crippen LogP contribution in [0.1, 0.15) is 48.0 Å². The summed E-state index contributed by atoms with van der Waals surface area (Å²) < 4.78 is 4.59. The van der Waals surface area contributed by atoms with Gasteiger partial charge in [-0.3, -0.25) is 19.2 Å². The number of rotatable bonds is 11. The molecule has 29 heavy (non-hydrogen) atoms. The van der Waals surface area contributed by atoms with Crippen molar-refractivity contribution in [3.05, 3.63) is 0 Å². The maximum Gasteiger partial charge on any atom is 0.328 e. The summed E-state index contributed by atoms with van der Waals surface area (Å²) >= 11 is 0. The van der Waals surface area contributed by atoms with E-state index in [2.05, 4.69) is 26.0 Å². The number of carbonyl (C=O) groups excluding carboxylic acids is 5. The zero-order valence-electron chi connectivity index (χ0n) is 18.3. The molecule has 0 saturated heterocycles. The Kier molecular flexibility index (Phi) is 11.6. The number of amides is 4. The summed E-state index contributed by atoms with van der Waals surface area (Å²) in [4.78, 5) is 59.8. The van der Waals surface area contributed by atoms with Gasteiger partial charge in [0.15, 0.2) is 0 Å². The Bertz CT molecular complexity index is 606. The van der Waals surface area contributed by atoms with Gasteiger partial charge >= 0.3 is 5.97 Å². The molecule has 0 aromatic carbocycles. The molecule has 0 unspecified atom stereocenters. The van der Waals surface area contributed by atoms with Gasteiger partial charge in [-0.25, -0.2) is 4.79 Å². The summed E-state index contributed by atoms with van der Waals surface area (Å²) in [7, 11) is 1.22. The van der Waals surface area contributed by atoms with Crippen molar-refractivity contribution in [3.63, 3.8) is 0 Å². The molecule has 0 bridgehead atoms. The van der Waals surface area contributed by atoms with Gasteiger partial charge < -0.3 is 26.0 Å². The molecule has 0 aromatic rings. The summed E-state index contributed by atoms with van der Waals surface area (Å²) in [6, 6.07) is -2.64. The summed E-state index contributed by atoms with van der Waals surface area (Å²) in [5, 5.41) is 10.1. The fourth-order valence-electron chi connectivity index (χ4n) is 2.48. The zero-order valence-corrected chi connectivity index (χ0v) is 18.3. The predicted octanol–water partition coefficient (Wildman–Crippen LogP) is -0.528. The van der Waals surface area contributed by atoms with Crippen molar-refractivity contribution in [1.82, 2.24) is 21.3 Å². The third-order valence-corrected chi connectivity index (χ3v) is 4.02. The summed E-state index contributed by atoms with van der Waals surface area (Å²) in [5.74, 6) is -2.69. The lowest BCUT2D eigenvalue weighted by molar-refractivity contribution is -0.145. The number of ether oxygens (including phenoxy) is 1. The zero-order chi connectivity index (χ0) is 22.7. The highest BCUT2D eigenvalue weighted by atomic mass is 16.5. The van der Waals surface area contributed by atoms with Crippen LogP contribution in [-0.2, 0) is 28.7 Å². The second-order valence-corrected chi connectivity index (χ2v) is 7.64. The van der Waals surface area contributed by atoms with Crippen molar-refractivity contribution in [1.29, 1.82) is 0 Å². The molecule has 0 aliphatic carbocycles. The molecule has 0 rings (SSSR count). The lowest BCUT2D eigenvalue weighted by atomic mass is 9.99. The Morgan fingerprint density at radius 2 is 1.45 bits per heavy atom. The molecule has 0 radical (unpaired) electrons. The minimum Gasteiger partial charge on any atom is -0.467 e. The summed E-state index contributed by atoms with van der Waals surface area (Å²) in [6.45, 7) is 9.80. The van der Waals surface area contributed by atoms with Crippen LogP contribution in [0.15, 0.2) is 0 Å². The van der Waals surface area contributed by atoms with Gasteiger partial charge in [0.25, 0.3) is 0 Å². The Morgan fingerprint density at radius 1 is 0.862 bits per heavy atom. The standard InChI is InChI=1S/C19H34N4O6/c1-10(2)8-14(17(26)21-12(5)19(28)29-7)22-18(27)16(11(3)4)23-15(25)9-20-13(6)24/h10-12,14,16H,8-9H2,1-7H3,(H,20,24)(H,21,26)(H,22,27)(H,23,25)/t12-,14-,16+/m0/s1. The highest BCUT2D eigenvalue weighted by Gasteiger charge is 2.30. The van der Waals surface area contributed by atoms with Crippen molar-refractivity contribution in [3.8, 4) is 0 Å². The van der Waals surface area contributed by atoms with E-state index in [1.807, 2.05) is 13.8 Å². The molecule has 0 aliphatic rings. The van der Waals surface area contributed by atoms with E-state index in [0.29, 0.717) is 6.42 Å². The largest absolute Gasteiger partial charge is 0.467 e. The van der Waals surface area contributed by atoms with Gasteiger partial charge in [0.05, 0.1) is 13.7 Å². The highest BCUT2D eigenvalue weighted by Crippen LogP contribution is 2.08. The highest BCUT2D eigenvalue weighted by molar-refractivity contribution is 5.94. The van der Waals surface area contributed by atoms with Crippen LogP contribution in [0.25, 0.3) is 0 Å². The third-order valence-electron chi connectivity index (χ3n) is 4.02. The second kappa shape index (κ2) is 12.7. The van der Waals surface area contributed by atoms with Crippen LogP contribution in [-0.4, -0.2) is 61.4 Å². The average Bonchev–Trinajstić information content (AvgIpc) is 2.62. The molecular weight excluding hydrogens is 380 g/mol. The SMILES string of the molecule is COC(=O)[C@H](C)NC(=O)[C@H](CC(C)C)NC(=O)[C@H](NC(=O)CNC(C)=O)C(C)C. The second-order valence-electron chi connectivity index (χ2n) is 7.64. The van der Waals surface area contributed by atoms with Crippen LogP contribution in [0, 0.1) is 11.8 Å². The first-order chi connectivity index (χ1) is 13.4. The molecule has 0 saturated carbocycles. The van der Waals surface area contributed by atoms with E-state index in [1.165, 1.54) is 21.0 Å². The molecule has 4 N–H and O–H groups in total. The molecule has 4 amide bonds. The Morgan fingerprint density at radius 3 is 1.90 bits per heavy atom. The van der Waals surface area contributed by atoms with Gasteiger partial charge in [-0.05, 0) is 25.2 Å². The van der Waals surface area contributed by atoms with Crippen LogP contribution >= 0.6 is 0 Å². The number of nitrogens with one attached hydrogen (secondary N) is 4. The topological polar surface area (TPSA) is 143 Å². The Labute approximate surface area is 171 Å².